The Bertz CT molecular complexity index is 1010. The lowest BCUT2D eigenvalue weighted by Crippen LogP contribution is -1.97. The van der Waals surface area contributed by atoms with E-state index in [2.05, 4.69) is 4.98 Å². The molecule has 120 valence electrons. The first-order valence-electron chi connectivity index (χ1n) is 7.48. The summed E-state index contributed by atoms with van der Waals surface area (Å²) < 4.78 is 47.6. The van der Waals surface area contributed by atoms with Crippen LogP contribution in [-0.4, -0.2) is 4.98 Å². The second-order valence-corrected chi connectivity index (χ2v) is 5.96. The Balaban J connectivity index is 2.06. The van der Waals surface area contributed by atoms with Crippen molar-refractivity contribution in [3.05, 3.63) is 52.7 Å². The van der Waals surface area contributed by atoms with Crippen LogP contribution in [0.1, 0.15) is 35.8 Å². The molecule has 1 aromatic heterocycles. The highest BCUT2D eigenvalue weighted by molar-refractivity contribution is 5.89. The number of hydrogen-bond donors (Lipinski definition) is 0. The average molecular weight is 328 g/mol. The number of rotatable bonds is 2. The minimum Gasteiger partial charge on any atom is -0.437 e. The molecular formula is C18H11F3N2O. The van der Waals surface area contributed by atoms with Crippen LogP contribution in [0.4, 0.5) is 13.2 Å². The van der Waals surface area contributed by atoms with Crippen molar-refractivity contribution in [2.24, 2.45) is 0 Å². The largest absolute Gasteiger partial charge is 0.437 e. The highest BCUT2D eigenvalue weighted by Gasteiger charge is 2.31. The standard InChI is InChI=1S/C18H11F3N2O/c1-8-13(7-22)16-17(24-18(23-16)9-2-3-9)15(21)14(8)10-4-11(19)6-12(20)5-10/h4-6,9H,2-3H2,1H3. The summed E-state index contributed by atoms with van der Waals surface area (Å²) in [5.41, 5.74) is 0.430. The molecule has 0 bridgehead atoms. The Morgan fingerprint density at radius 2 is 1.83 bits per heavy atom. The van der Waals surface area contributed by atoms with E-state index in [1.54, 1.807) is 0 Å². The second-order valence-electron chi connectivity index (χ2n) is 5.96. The number of nitriles is 1. The van der Waals surface area contributed by atoms with Gasteiger partial charge in [-0.25, -0.2) is 18.2 Å². The van der Waals surface area contributed by atoms with Gasteiger partial charge in [-0.1, -0.05) is 0 Å². The molecule has 0 amide bonds. The van der Waals surface area contributed by atoms with E-state index in [-0.39, 0.29) is 39.3 Å². The molecule has 3 nitrogen and oxygen atoms in total. The van der Waals surface area contributed by atoms with Gasteiger partial charge in [0, 0.05) is 17.5 Å². The predicted molar refractivity (Wildman–Crippen MR) is 80.7 cm³/mol. The Kier molecular flexibility index (Phi) is 3.14. The van der Waals surface area contributed by atoms with Gasteiger partial charge in [0.25, 0.3) is 0 Å². The monoisotopic (exact) mass is 328 g/mol. The van der Waals surface area contributed by atoms with E-state index in [0.29, 0.717) is 12.0 Å². The van der Waals surface area contributed by atoms with Gasteiger partial charge in [0.2, 0.25) is 0 Å². The predicted octanol–water partition coefficient (Wildman–Crippen LogP) is 4.97. The summed E-state index contributed by atoms with van der Waals surface area (Å²) in [5, 5.41) is 9.45. The Hall–Kier alpha value is -2.81. The number of hydrogen-bond acceptors (Lipinski definition) is 3. The maximum absolute atomic E-state index is 15.0. The van der Waals surface area contributed by atoms with Crippen LogP contribution >= 0.6 is 0 Å². The van der Waals surface area contributed by atoms with E-state index in [1.807, 2.05) is 6.07 Å². The first-order chi connectivity index (χ1) is 11.5. The topological polar surface area (TPSA) is 49.8 Å². The molecule has 1 aliphatic rings. The molecule has 1 aliphatic carbocycles. The van der Waals surface area contributed by atoms with E-state index in [1.165, 1.54) is 6.92 Å². The Labute approximate surface area is 135 Å². The summed E-state index contributed by atoms with van der Waals surface area (Å²) in [7, 11) is 0. The molecule has 0 saturated heterocycles. The van der Waals surface area contributed by atoms with Crippen molar-refractivity contribution in [3.63, 3.8) is 0 Å². The second kappa shape index (κ2) is 5.10. The van der Waals surface area contributed by atoms with E-state index >= 15 is 4.39 Å². The van der Waals surface area contributed by atoms with Gasteiger partial charge in [-0.05, 0) is 43.0 Å². The van der Waals surface area contributed by atoms with Crippen molar-refractivity contribution < 1.29 is 17.6 Å². The number of halogens is 3. The van der Waals surface area contributed by atoms with E-state index < -0.39 is 17.5 Å². The number of oxazole rings is 1. The zero-order valence-corrected chi connectivity index (χ0v) is 12.7. The van der Waals surface area contributed by atoms with Crippen molar-refractivity contribution in [3.8, 4) is 17.2 Å². The maximum atomic E-state index is 15.0. The van der Waals surface area contributed by atoms with Gasteiger partial charge >= 0.3 is 0 Å². The molecule has 0 aliphatic heterocycles. The lowest BCUT2D eigenvalue weighted by Gasteiger charge is -2.10. The van der Waals surface area contributed by atoms with Crippen molar-refractivity contribution in [2.45, 2.75) is 25.7 Å². The third kappa shape index (κ3) is 2.16. The molecule has 0 unspecified atom stereocenters. The van der Waals surface area contributed by atoms with Crippen LogP contribution in [0.25, 0.3) is 22.2 Å². The number of benzene rings is 2. The third-order valence-electron chi connectivity index (χ3n) is 4.24. The highest BCUT2D eigenvalue weighted by Crippen LogP contribution is 2.43. The molecule has 24 heavy (non-hydrogen) atoms. The van der Waals surface area contributed by atoms with Crippen molar-refractivity contribution in [2.75, 3.05) is 0 Å². The van der Waals surface area contributed by atoms with Gasteiger partial charge in [0.1, 0.15) is 23.2 Å². The fourth-order valence-electron chi connectivity index (χ4n) is 2.92. The smallest absolute Gasteiger partial charge is 0.198 e. The molecule has 4 rings (SSSR count). The van der Waals surface area contributed by atoms with Crippen LogP contribution in [-0.2, 0) is 0 Å². The highest BCUT2D eigenvalue weighted by atomic mass is 19.1. The zero-order valence-electron chi connectivity index (χ0n) is 12.7. The lowest BCUT2D eigenvalue weighted by atomic mass is 9.95. The molecule has 1 fully saturated rings. The summed E-state index contributed by atoms with van der Waals surface area (Å²) >= 11 is 0. The van der Waals surface area contributed by atoms with Gasteiger partial charge in [-0.15, -0.1) is 0 Å². The van der Waals surface area contributed by atoms with Crippen molar-refractivity contribution in [1.82, 2.24) is 4.98 Å². The minimum atomic E-state index is -0.821. The molecule has 0 radical (unpaired) electrons. The summed E-state index contributed by atoms with van der Waals surface area (Å²) in [5.74, 6) is -1.84. The quantitative estimate of drug-likeness (QED) is 0.667. The number of fused-ring (bicyclic) bond motifs is 1. The average Bonchev–Trinajstić information content (AvgIpc) is 3.27. The molecule has 3 aromatic rings. The van der Waals surface area contributed by atoms with Gasteiger partial charge < -0.3 is 4.42 Å². The third-order valence-corrected chi connectivity index (χ3v) is 4.24. The summed E-state index contributed by atoms with van der Waals surface area (Å²) in [6.07, 6.45) is 1.83. The van der Waals surface area contributed by atoms with Gasteiger partial charge in [-0.3, -0.25) is 0 Å². The zero-order chi connectivity index (χ0) is 17.0. The van der Waals surface area contributed by atoms with Crippen LogP contribution in [0, 0.1) is 35.7 Å². The van der Waals surface area contributed by atoms with E-state index in [0.717, 1.165) is 25.0 Å². The molecule has 1 saturated carbocycles. The van der Waals surface area contributed by atoms with Crippen LogP contribution in [0.2, 0.25) is 0 Å². The molecule has 1 heterocycles. The molecule has 0 atom stereocenters. The van der Waals surface area contributed by atoms with Gasteiger partial charge in [0.15, 0.2) is 17.3 Å². The van der Waals surface area contributed by atoms with Gasteiger partial charge in [0.05, 0.1) is 5.56 Å². The number of nitrogens with zero attached hydrogens (tertiary/aromatic N) is 2. The lowest BCUT2D eigenvalue weighted by molar-refractivity contribution is 0.509. The maximum Gasteiger partial charge on any atom is 0.198 e. The van der Waals surface area contributed by atoms with E-state index in [4.69, 9.17) is 4.42 Å². The molecule has 0 spiro atoms. The number of aromatic nitrogens is 1. The van der Waals surface area contributed by atoms with Crippen LogP contribution < -0.4 is 0 Å². The fraction of sp³-hybridized carbons (Fsp3) is 0.222. The van der Waals surface area contributed by atoms with Crippen LogP contribution in [0.5, 0.6) is 0 Å². The molecule has 0 N–H and O–H groups in total. The van der Waals surface area contributed by atoms with Crippen molar-refractivity contribution >= 4 is 11.1 Å². The minimum absolute atomic E-state index is 0.0188. The summed E-state index contributed by atoms with van der Waals surface area (Å²) in [4.78, 5) is 4.26. The Morgan fingerprint density at radius 1 is 1.17 bits per heavy atom. The normalized spacial score (nSPS) is 14.1. The van der Waals surface area contributed by atoms with E-state index in [9.17, 15) is 14.0 Å². The summed E-state index contributed by atoms with van der Waals surface area (Å²) in [6.45, 7) is 1.53. The Morgan fingerprint density at radius 3 is 2.42 bits per heavy atom. The molecule has 2 aromatic carbocycles. The van der Waals surface area contributed by atoms with Crippen LogP contribution in [0.15, 0.2) is 22.6 Å². The first kappa shape index (κ1) is 14.8. The molecular weight excluding hydrogens is 317 g/mol. The van der Waals surface area contributed by atoms with Crippen LogP contribution in [0.3, 0.4) is 0 Å². The molecule has 6 heteroatoms. The summed E-state index contributed by atoms with van der Waals surface area (Å²) in [6, 6.07) is 4.76. The van der Waals surface area contributed by atoms with Gasteiger partial charge in [-0.2, -0.15) is 5.26 Å². The van der Waals surface area contributed by atoms with Crippen molar-refractivity contribution in [1.29, 1.82) is 5.26 Å². The fourth-order valence-corrected chi connectivity index (χ4v) is 2.92. The first-order valence-corrected chi connectivity index (χ1v) is 7.48. The SMILES string of the molecule is Cc1c(-c2cc(F)cc(F)c2)c(F)c2oc(C3CC3)nc2c1C#N.